The smallest absolute Gasteiger partial charge is 0.349 e. The summed E-state index contributed by atoms with van der Waals surface area (Å²) in [7, 11) is 3.98. The number of rotatable bonds is 18. The Morgan fingerprint density at radius 3 is 1.12 bits per heavy atom. The van der Waals surface area contributed by atoms with Crippen molar-refractivity contribution in [2.75, 3.05) is 50.3 Å². The Hall–Kier alpha value is -7.70. The Morgan fingerprint density at radius 2 is 0.828 bits per heavy atom. The average Bonchev–Trinajstić information content (AvgIpc) is 3.32. The molecule has 0 unspecified atom stereocenters. The van der Waals surface area contributed by atoms with Gasteiger partial charge in [0.15, 0.2) is 0 Å². The minimum atomic E-state index is -0.804. The van der Waals surface area contributed by atoms with Gasteiger partial charge in [0.1, 0.15) is 49.7 Å². The fraction of sp³-hybridized carbons (Fsp3) is 0.269. The minimum absolute atomic E-state index is 0.127. The van der Waals surface area contributed by atoms with Gasteiger partial charge in [0, 0.05) is 53.4 Å². The normalized spacial score (nSPS) is 13.3. The van der Waals surface area contributed by atoms with Crippen molar-refractivity contribution >= 4 is 58.8 Å². The van der Waals surface area contributed by atoms with Crippen LogP contribution in [0, 0.1) is 22.7 Å². The molecule has 0 aliphatic heterocycles. The molecule has 328 valence electrons. The Bertz CT molecular complexity index is 2320. The highest BCUT2D eigenvalue weighted by molar-refractivity contribution is 5.98. The van der Waals surface area contributed by atoms with Gasteiger partial charge in [-0.3, -0.25) is 0 Å². The fourth-order valence-corrected chi connectivity index (χ4v) is 7.34. The molecular formula is C52H52N4O8. The third-order valence-electron chi connectivity index (χ3n) is 11.0. The molecule has 4 aromatic carbocycles. The Balaban J connectivity index is 1.22. The van der Waals surface area contributed by atoms with Crippen LogP contribution in [-0.2, 0) is 43.5 Å². The molecule has 12 heteroatoms. The second-order valence-corrected chi connectivity index (χ2v) is 15.5. The molecule has 0 heterocycles. The highest BCUT2D eigenvalue weighted by atomic mass is 16.6. The summed E-state index contributed by atoms with van der Waals surface area (Å²) in [6.07, 6.45) is 8.48. The number of hydrogen-bond donors (Lipinski definition) is 0. The van der Waals surface area contributed by atoms with E-state index in [1.54, 1.807) is 0 Å². The topological polar surface area (TPSA) is 159 Å². The Morgan fingerprint density at radius 1 is 0.531 bits per heavy atom. The molecule has 0 saturated heterocycles. The molecule has 64 heavy (non-hydrogen) atoms. The highest BCUT2D eigenvalue weighted by Crippen LogP contribution is 2.46. The summed E-state index contributed by atoms with van der Waals surface area (Å²) in [5, 5.41) is 19.2. The number of esters is 4. The van der Waals surface area contributed by atoms with Gasteiger partial charge in [-0.25, -0.2) is 19.2 Å². The zero-order valence-electron chi connectivity index (χ0n) is 36.7. The number of benzene rings is 4. The van der Waals surface area contributed by atoms with Crippen molar-refractivity contribution in [1.29, 1.82) is 10.5 Å². The molecule has 4 aromatic rings. The maximum atomic E-state index is 12.5. The third kappa shape index (κ3) is 12.2. The molecule has 1 saturated carbocycles. The summed E-state index contributed by atoms with van der Waals surface area (Å²) >= 11 is 0. The lowest BCUT2D eigenvalue weighted by atomic mass is 9.65. The molecule has 12 nitrogen and oxygen atoms in total. The predicted molar refractivity (Wildman–Crippen MR) is 246 cm³/mol. The van der Waals surface area contributed by atoms with E-state index in [1.165, 1.54) is 43.5 Å². The quantitative estimate of drug-likeness (QED) is 0.0307. The van der Waals surface area contributed by atoms with E-state index in [-0.39, 0.29) is 54.1 Å². The largest absolute Gasteiger partial charge is 0.459 e. The molecule has 0 aromatic heterocycles. The van der Waals surface area contributed by atoms with Crippen LogP contribution in [0.3, 0.4) is 0 Å². The SMILES string of the molecule is C=C(C)C(=O)OCCOC(=O)/C(C#N)=C/c1ccc(N(C)c2ccc(C3(c4ccc(N(C)c5ccc(/C=C(\C#N)C(=O)OCCOC(=O)C(=C)C)cc5)cc4)CCCCC3)cc2)cc1. The number of hydrogen-bond acceptors (Lipinski definition) is 12. The van der Waals surface area contributed by atoms with Crippen LogP contribution < -0.4 is 9.80 Å². The summed E-state index contributed by atoms with van der Waals surface area (Å²) in [5.74, 6) is -2.77. The van der Waals surface area contributed by atoms with Gasteiger partial charge in [0.05, 0.1) is 0 Å². The zero-order chi connectivity index (χ0) is 46.2. The first kappa shape index (κ1) is 47.4. The van der Waals surface area contributed by atoms with E-state index in [9.17, 15) is 29.7 Å². The van der Waals surface area contributed by atoms with Crippen molar-refractivity contribution in [3.63, 3.8) is 0 Å². The van der Waals surface area contributed by atoms with Crippen molar-refractivity contribution in [2.45, 2.75) is 51.4 Å². The van der Waals surface area contributed by atoms with E-state index < -0.39 is 23.9 Å². The molecule has 1 aliphatic rings. The van der Waals surface area contributed by atoms with E-state index in [0.717, 1.165) is 48.4 Å². The molecule has 0 atom stereocenters. The number of anilines is 4. The van der Waals surface area contributed by atoms with Gasteiger partial charge in [-0.05, 0) is 110 Å². The van der Waals surface area contributed by atoms with Crippen LogP contribution in [0.1, 0.15) is 68.2 Å². The van der Waals surface area contributed by atoms with Crippen LogP contribution in [0.25, 0.3) is 12.2 Å². The van der Waals surface area contributed by atoms with Crippen molar-refractivity contribution in [3.8, 4) is 12.1 Å². The van der Waals surface area contributed by atoms with E-state index in [0.29, 0.717) is 11.1 Å². The van der Waals surface area contributed by atoms with E-state index in [4.69, 9.17) is 18.9 Å². The second-order valence-electron chi connectivity index (χ2n) is 15.5. The molecule has 1 fully saturated rings. The van der Waals surface area contributed by atoms with Gasteiger partial charge in [-0.15, -0.1) is 0 Å². The maximum absolute atomic E-state index is 12.5. The lowest BCUT2D eigenvalue weighted by Crippen LogP contribution is -2.30. The lowest BCUT2D eigenvalue weighted by Gasteiger charge is -2.39. The number of nitriles is 2. The van der Waals surface area contributed by atoms with Crippen LogP contribution in [0.15, 0.2) is 133 Å². The summed E-state index contributed by atoms with van der Waals surface area (Å²) in [6, 6.07) is 36.3. The van der Waals surface area contributed by atoms with Crippen LogP contribution in [0.2, 0.25) is 0 Å². The molecule has 0 bridgehead atoms. The second kappa shape index (κ2) is 22.4. The molecular weight excluding hydrogens is 809 g/mol. The van der Waals surface area contributed by atoms with Gasteiger partial charge >= 0.3 is 23.9 Å². The first-order chi connectivity index (χ1) is 30.8. The standard InChI is InChI=1S/C52H52N4O8/c1-36(2)48(57)61-28-30-63-50(59)40(34-53)32-38-10-18-44(19-11-38)55(5)46-22-14-42(15-23-46)52(26-8-7-9-27-52)43-16-24-47(25-17-43)56(6)45-20-12-39(13-21-45)33-41(35-54)51(60)64-31-29-62-49(58)37(3)4/h10-25,32-33H,1,3,7-9,26-31H2,2,4-6H3/b40-32+,41-33+. The van der Waals surface area contributed by atoms with Crippen molar-refractivity contribution in [2.24, 2.45) is 0 Å². The van der Waals surface area contributed by atoms with Crippen molar-refractivity contribution < 1.29 is 38.1 Å². The van der Waals surface area contributed by atoms with Gasteiger partial charge in [-0.2, -0.15) is 10.5 Å². The van der Waals surface area contributed by atoms with E-state index >= 15 is 0 Å². The minimum Gasteiger partial charge on any atom is -0.459 e. The van der Waals surface area contributed by atoms with Crippen molar-refractivity contribution in [3.05, 3.63) is 155 Å². The number of carbonyl (C=O) groups excluding carboxylic acids is 4. The maximum Gasteiger partial charge on any atom is 0.349 e. The molecule has 0 radical (unpaired) electrons. The molecule has 1 aliphatic carbocycles. The lowest BCUT2D eigenvalue weighted by molar-refractivity contribution is -0.147. The summed E-state index contributed by atoms with van der Waals surface area (Å²) < 4.78 is 20.1. The first-order valence-corrected chi connectivity index (χ1v) is 20.9. The third-order valence-corrected chi connectivity index (χ3v) is 11.0. The molecule has 5 rings (SSSR count). The summed E-state index contributed by atoms with van der Waals surface area (Å²) in [6.45, 7) is 9.40. The van der Waals surface area contributed by atoms with Crippen LogP contribution in [0.5, 0.6) is 0 Å². The Kier molecular flexibility index (Phi) is 16.6. The molecule has 0 amide bonds. The zero-order valence-corrected chi connectivity index (χ0v) is 36.7. The van der Waals surface area contributed by atoms with Gasteiger partial charge in [0.2, 0.25) is 0 Å². The van der Waals surface area contributed by atoms with Crippen molar-refractivity contribution in [1.82, 2.24) is 0 Å². The van der Waals surface area contributed by atoms with E-state index in [1.807, 2.05) is 74.8 Å². The Labute approximate surface area is 374 Å². The predicted octanol–water partition coefficient (Wildman–Crippen LogP) is 9.61. The van der Waals surface area contributed by atoms with Gasteiger partial charge in [-0.1, -0.05) is 81.0 Å². The average molecular weight is 861 g/mol. The monoisotopic (exact) mass is 860 g/mol. The number of ether oxygens (including phenoxy) is 4. The first-order valence-electron chi connectivity index (χ1n) is 20.9. The highest BCUT2D eigenvalue weighted by Gasteiger charge is 2.36. The van der Waals surface area contributed by atoms with Crippen LogP contribution in [-0.4, -0.2) is 64.4 Å². The van der Waals surface area contributed by atoms with Gasteiger partial charge in [0.25, 0.3) is 0 Å². The summed E-state index contributed by atoms with van der Waals surface area (Å²) in [4.78, 5) is 52.1. The van der Waals surface area contributed by atoms with Crippen LogP contribution in [0.4, 0.5) is 22.7 Å². The summed E-state index contributed by atoms with van der Waals surface area (Å²) in [5.41, 5.74) is 7.72. The molecule has 0 spiro atoms. The van der Waals surface area contributed by atoms with Gasteiger partial charge < -0.3 is 28.7 Å². The van der Waals surface area contributed by atoms with E-state index in [2.05, 4.69) is 71.5 Å². The van der Waals surface area contributed by atoms with Crippen LogP contribution >= 0.6 is 0 Å². The molecule has 0 N–H and O–H groups in total. The number of carbonyl (C=O) groups is 4. The number of nitrogens with zero attached hydrogens (tertiary/aromatic N) is 4. The fourth-order valence-electron chi connectivity index (χ4n) is 7.34.